The third-order valence-corrected chi connectivity index (χ3v) is 7.33. The van der Waals surface area contributed by atoms with E-state index in [1.54, 1.807) is 13.3 Å². The average Bonchev–Trinajstić information content (AvgIpc) is 3.00. The quantitative estimate of drug-likeness (QED) is 0.739. The van der Waals surface area contributed by atoms with Crippen molar-refractivity contribution in [2.24, 2.45) is 28.2 Å². The van der Waals surface area contributed by atoms with Crippen LogP contribution < -0.4 is 4.80 Å². The molecular weight excluding hydrogens is 352 g/mol. The van der Waals surface area contributed by atoms with E-state index in [0.29, 0.717) is 40.6 Å². The molecule has 4 fully saturated rings. The molecule has 26 heavy (non-hydrogen) atoms. The normalized spacial score (nSPS) is 32.8. The Bertz CT molecular complexity index is 743. The maximum absolute atomic E-state index is 13.2. The Morgan fingerprint density at radius 1 is 1.19 bits per heavy atom. The van der Waals surface area contributed by atoms with E-state index < -0.39 is 5.97 Å². The summed E-state index contributed by atoms with van der Waals surface area (Å²) in [6.07, 6.45) is 8.59. The number of carbonyl (C=O) groups is 2. The second kappa shape index (κ2) is 6.93. The molecule has 0 unspecified atom stereocenters. The third kappa shape index (κ3) is 3.16. The van der Waals surface area contributed by atoms with Crippen molar-refractivity contribution in [3.05, 3.63) is 15.9 Å². The lowest BCUT2D eigenvalue weighted by atomic mass is 9.49. The van der Waals surface area contributed by atoms with Crippen LogP contribution in [0.3, 0.4) is 0 Å². The summed E-state index contributed by atoms with van der Waals surface area (Å²) in [5.74, 6) is 1.73. The maximum atomic E-state index is 13.2. The first-order valence-electron chi connectivity index (χ1n) is 9.39. The van der Waals surface area contributed by atoms with Crippen molar-refractivity contribution in [1.29, 1.82) is 0 Å². The summed E-state index contributed by atoms with van der Waals surface area (Å²) in [5, 5.41) is 0. The molecule has 4 aliphatic carbocycles. The van der Waals surface area contributed by atoms with Gasteiger partial charge in [0.25, 0.3) is 5.91 Å². The summed E-state index contributed by atoms with van der Waals surface area (Å²) in [7, 11) is 2.99. The Labute approximate surface area is 157 Å². The van der Waals surface area contributed by atoms with E-state index in [0.717, 1.165) is 19.3 Å². The van der Waals surface area contributed by atoms with Gasteiger partial charge in [-0.05, 0) is 56.3 Å². The number of ether oxygens (including phenoxy) is 2. The highest BCUT2D eigenvalue weighted by Crippen LogP contribution is 2.60. The molecule has 0 aliphatic heterocycles. The van der Waals surface area contributed by atoms with Gasteiger partial charge in [-0.2, -0.15) is 4.99 Å². The fourth-order valence-corrected chi connectivity index (χ4v) is 6.52. The zero-order valence-corrected chi connectivity index (χ0v) is 16.2. The van der Waals surface area contributed by atoms with Crippen LogP contribution in [0, 0.1) is 23.2 Å². The first-order valence-corrected chi connectivity index (χ1v) is 10.2. The fraction of sp³-hybridized carbons (Fsp3) is 0.737. The summed E-state index contributed by atoms with van der Waals surface area (Å²) in [4.78, 5) is 30.6. The van der Waals surface area contributed by atoms with Crippen LogP contribution >= 0.6 is 11.3 Å². The molecule has 1 aromatic rings. The lowest BCUT2D eigenvalue weighted by Gasteiger charge is -2.55. The van der Waals surface area contributed by atoms with Gasteiger partial charge in [-0.3, -0.25) is 4.79 Å². The SMILES string of the molecule is COCCn1cc(C(=O)OC)s/c1=N\C(=O)C12CC3CC(CC(C3)C1)C2. The van der Waals surface area contributed by atoms with Crippen molar-refractivity contribution in [2.75, 3.05) is 20.8 Å². The fourth-order valence-electron chi connectivity index (χ4n) is 5.59. The summed E-state index contributed by atoms with van der Waals surface area (Å²) in [6.45, 7) is 1.05. The number of aromatic nitrogens is 1. The molecule has 1 amide bonds. The number of methoxy groups -OCH3 is 2. The number of thiazole rings is 1. The molecule has 0 N–H and O–H groups in total. The molecule has 5 rings (SSSR count). The second-order valence-electron chi connectivity index (χ2n) is 8.17. The van der Waals surface area contributed by atoms with Crippen molar-refractivity contribution >= 4 is 23.2 Å². The van der Waals surface area contributed by atoms with Crippen molar-refractivity contribution < 1.29 is 19.1 Å². The number of rotatable bonds is 5. The molecule has 7 heteroatoms. The summed E-state index contributed by atoms with van der Waals surface area (Å²) < 4.78 is 11.8. The smallest absolute Gasteiger partial charge is 0.349 e. The van der Waals surface area contributed by atoms with Crippen molar-refractivity contribution in [1.82, 2.24) is 4.57 Å². The highest BCUT2D eigenvalue weighted by molar-refractivity contribution is 7.11. The Balaban J connectivity index is 1.65. The Morgan fingerprint density at radius 3 is 2.35 bits per heavy atom. The van der Waals surface area contributed by atoms with Gasteiger partial charge >= 0.3 is 5.97 Å². The van der Waals surface area contributed by atoms with Gasteiger partial charge in [-0.1, -0.05) is 11.3 Å². The largest absolute Gasteiger partial charge is 0.465 e. The average molecular weight is 378 g/mol. The molecule has 4 bridgehead atoms. The van der Waals surface area contributed by atoms with E-state index in [-0.39, 0.29) is 11.3 Å². The van der Waals surface area contributed by atoms with Gasteiger partial charge in [-0.25, -0.2) is 4.79 Å². The van der Waals surface area contributed by atoms with Crippen LogP contribution in [0.5, 0.6) is 0 Å². The topological polar surface area (TPSA) is 69.9 Å². The second-order valence-corrected chi connectivity index (χ2v) is 9.18. The van der Waals surface area contributed by atoms with Crippen LogP contribution in [0.15, 0.2) is 11.2 Å². The standard InChI is InChI=1S/C19H26N2O4S/c1-24-4-3-21-11-15(16(22)25-2)26-18(21)20-17(23)19-8-12-5-13(9-19)7-14(6-12)10-19/h11-14H,3-10H2,1-2H3/b20-18-. The molecule has 0 atom stereocenters. The van der Waals surface area contributed by atoms with E-state index in [2.05, 4.69) is 4.99 Å². The molecule has 142 valence electrons. The van der Waals surface area contributed by atoms with E-state index in [1.165, 1.54) is 37.7 Å². The summed E-state index contributed by atoms with van der Waals surface area (Å²) >= 11 is 1.22. The number of amides is 1. The summed E-state index contributed by atoms with van der Waals surface area (Å²) in [6, 6.07) is 0. The van der Waals surface area contributed by atoms with Crippen LogP contribution in [0.25, 0.3) is 0 Å². The number of hydrogen-bond acceptors (Lipinski definition) is 5. The Morgan fingerprint density at radius 2 is 1.81 bits per heavy atom. The number of nitrogens with zero attached hydrogens (tertiary/aromatic N) is 2. The van der Waals surface area contributed by atoms with Gasteiger partial charge in [0.2, 0.25) is 0 Å². The molecule has 4 aliphatic rings. The predicted octanol–water partition coefficient (Wildman–Crippen LogP) is 2.63. The monoisotopic (exact) mass is 378 g/mol. The lowest BCUT2D eigenvalue weighted by molar-refractivity contribution is -0.142. The van der Waals surface area contributed by atoms with E-state index >= 15 is 0 Å². The summed E-state index contributed by atoms with van der Waals surface area (Å²) in [5.41, 5.74) is -0.261. The third-order valence-electron chi connectivity index (χ3n) is 6.33. The van der Waals surface area contributed by atoms with Gasteiger partial charge in [0.15, 0.2) is 4.80 Å². The number of carbonyl (C=O) groups excluding carboxylic acids is 2. The maximum Gasteiger partial charge on any atom is 0.349 e. The van der Waals surface area contributed by atoms with Gasteiger partial charge in [0, 0.05) is 19.9 Å². The van der Waals surface area contributed by atoms with Crippen LogP contribution in [0.1, 0.15) is 48.2 Å². The molecule has 0 saturated heterocycles. The predicted molar refractivity (Wildman–Crippen MR) is 96.7 cm³/mol. The Hall–Kier alpha value is -1.47. The highest BCUT2D eigenvalue weighted by atomic mass is 32.1. The molecule has 1 heterocycles. The molecule has 6 nitrogen and oxygen atoms in total. The van der Waals surface area contributed by atoms with E-state index in [1.807, 2.05) is 4.57 Å². The molecular formula is C19H26N2O4S. The van der Waals surface area contributed by atoms with Crippen molar-refractivity contribution in [3.63, 3.8) is 0 Å². The molecule has 0 aromatic carbocycles. The lowest BCUT2D eigenvalue weighted by Crippen LogP contribution is -2.50. The minimum Gasteiger partial charge on any atom is -0.465 e. The first-order chi connectivity index (χ1) is 12.5. The minimum absolute atomic E-state index is 0.0148. The molecule has 0 radical (unpaired) electrons. The number of hydrogen-bond donors (Lipinski definition) is 0. The molecule has 1 aromatic heterocycles. The van der Waals surface area contributed by atoms with Gasteiger partial charge in [-0.15, -0.1) is 0 Å². The highest BCUT2D eigenvalue weighted by Gasteiger charge is 2.54. The van der Waals surface area contributed by atoms with Crippen LogP contribution in [-0.4, -0.2) is 37.3 Å². The van der Waals surface area contributed by atoms with Gasteiger partial charge < -0.3 is 14.0 Å². The first kappa shape index (κ1) is 17.9. The molecule has 4 saturated carbocycles. The Kier molecular flexibility index (Phi) is 4.77. The van der Waals surface area contributed by atoms with Crippen LogP contribution in [-0.2, 0) is 20.8 Å². The molecule has 0 spiro atoms. The van der Waals surface area contributed by atoms with Crippen LogP contribution in [0.2, 0.25) is 0 Å². The van der Waals surface area contributed by atoms with Gasteiger partial charge in [0.05, 0.1) is 19.1 Å². The zero-order valence-electron chi connectivity index (χ0n) is 15.4. The number of esters is 1. The van der Waals surface area contributed by atoms with Crippen molar-refractivity contribution in [2.45, 2.75) is 45.1 Å². The van der Waals surface area contributed by atoms with Crippen LogP contribution in [0.4, 0.5) is 0 Å². The van der Waals surface area contributed by atoms with Gasteiger partial charge in [0.1, 0.15) is 4.88 Å². The minimum atomic E-state index is -0.398. The van der Waals surface area contributed by atoms with E-state index in [4.69, 9.17) is 9.47 Å². The van der Waals surface area contributed by atoms with Crippen molar-refractivity contribution in [3.8, 4) is 0 Å². The van der Waals surface area contributed by atoms with E-state index in [9.17, 15) is 9.59 Å². The zero-order chi connectivity index (χ0) is 18.3.